The second-order valence-corrected chi connectivity index (χ2v) is 8.13. The maximum Gasteiger partial charge on any atom is 0.344 e. The van der Waals surface area contributed by atoms with Crippen LogP contribution in [-0.4, -0.2) is 41.0 Å². The first kappa shape index (κ1) is 26.4. The van der Waals surface area contributed by atoms with Crippen LogP contribution in [0.5, 0.6) is 34.5 Å². The molecule has 38 heavy (non-hydrogen) atoms. The molecular weight excluding hydrogens is 492 g/mol. The molecule has 0 aliphatic rings. The number of hydrogen-bond donors (Lipinski definition) is 0. The summed E-state index contributed by atoms with van der Waals surface area (Å²) in [5.74, 6) is 1.80. The van der Waals surface area contributed by atoms with Gasteiger partial charge in [-0.3, -0.25) is 0 Å². The molecule has 0 aliphatic carbocycles. The van der Waals surface area contributed by atoms with E-state index >= 15 is 0 Å². The van der Waals surface area contributed by atoms with Crippen molar-refractivity contribution < 1.29 is 37.6 Å². The Kier molecular flexibility index (Phi) is 8.06. The van der Waals surface area contributed by atoms with Crippen LogP contribution in [0.2, 0.25) is 0 Å². The summed E-state index contributed by atoms with van der Waals surface area (Å²) in [6.45, 7) is 2.60. The van der Waals surface area contributed by atoms with Gasteiger partial charge in [-0.25, -0.2) is 9.59 Å². The minimum atomic E-state index is -0.609. The summed E-state index contributed by atoms with van der Waals surface area (Å²) in [5.41, 5.74) is 0.347. The molecule has 1 heterocycles. The number of hydrogen-bond acceptors (Lipinski definition) is 9. The molecule has 1 aromatic heterocycles. The van der Waals surface area contributed by atoms with Crippen LogP contribution in [0.25, 0.3) is 27.8 Å². The van der Waals surface area contributed by atoms with Crippen LogP contribution < -0.4 is 34.0 Å². The lowest BCUT2D eigenvalue weighted by atomic mass is 10.0. The van der Waals surface area contributed by atoms with E-state index in [1.54, 1.807) is 37.5 Å². The molecule has 0 saturated heterocycles. The number of benzene rings is 3. The summed E-state index contributed by atoms with van der Waals surface area (Å²) in [6.07, 6.45) is 3.78. The summed E-state index contributed by atoms with van der Waals surface area (Å²) >= 11 is 0. The zero-order valence-corrected chi connectivity index (χ0v) is 21.8. The Balaban J connectivity index is 1.63. The highest BCUT2D eigenvalue weighted by molar-refractivity contribution is 6.10. The number of esters is 1. The number of rotatable bonds is 10. The number of carbonyl (C=O) groups is 1. The van der Waals surface area contributed by atoms with Crippen molar-refractivity contribution in [3.8, 4) is 34.5 Å². The van der Waals surface area contributed by atoms with Crippen LogP contribution in [0.1, 0.15) is 18.9 Å². The molecule has 0 atom stereocenters. The normalized spacial score (nSPS) is 11.1. The molecule has 0 fully saturated rings. The molecule has 198 valence electrons. The van der Waals surface area contributed by atoms with E-state index in [1.807, 2.05) is 13.0 Å². The molecule has 0 bridgehead atoms. The van der Waals surface area contributed by atoms with Gasteiger partial charge in [0, 0.05) is 22.9 Å². The topological polar surface area (TPSA) is 103 Å². The van der Waals surface area contributed by atoms with E-state index in [0.717, 1.165) is 12.0 Å². The number of methoxy groups -OCH3 is 4. The fraction of sp³-hybridized carbons (Fsp3) is 0.241. The lowest BCUT2D eigenvalue weighted by Gasteiger charge is -2.15. The minimum Gasteiger partial charge on any atom is -0.493 e. The Morgan fingerprint density at radius 3 is 2.29 bits per heavy atom. The molecular formula is C29H28O9. The molecule has 0 saturated carbocycles. The third kappa shape index (κ3) is 5.22. The van der Waals surface area contributed by atoms with Gasteiger partial charge in [0.15, 0.2) is 23.0 Å². The third-order valence-corrected chi connectivity index (χ3v) is 5.75. The van der Waals surface area contributed by atoms with E-state index in [4.69, 9.17) is 32.8 Å². The monoisotopic (exact) mass is 520 g/mol. The predicted molar refractivity (Wildman–Crippen MR) is 143 cm³/mol. The van der Waals surface area contributed by atoms with Crippen LogP contribution in [0.4, 0.5) is 0 Å². The molecule has 3 aromatic carbocycles. The number of carbonyl (C=O) groups excluding carboxylic acids is 1. The molecule has 4 aromatic rings. The Bertz CT molecular complexity index is 1570. The summed E-state index contributed by atoms with van der Waals surface area (Å²) in [4.78, 5) is 25.3. The fourth-order valence-corrected chi connectivity index (χ4v) is 4.03. The Morgan fingerprint density at radius 2 is 1.61 bits per heavy atom. The lowest BCUT2D eigenvalue weighted by molar-refractivity contribution is -0.128. The van der Waals surface area contributed by atoms with Gasteiger partial charge in [0.2, 0.25) is 5.75 Å². The van der Waals surface area contributed by atoms with Crippen molar-refractivity contribution in [1.82, 2.24) is 0 Å². The minimum absolute atomic E-state index is 0.204. The van der Waals surface area contributed by atoms with Crippen molar-refractivity contribution >= 4 is 33.8 Å². The summed E-state index contributed by atoms with van der Waals surface area (Å²) in [7, 11) is 5.98. The van der Waals surface area contributed by atoms with Gasteiger partial charge in [-0.2, -0.15) is 0 Å². The van der Waals surface area contributed by atoms with Crippen molar-refractivity contribution in [2.45, 2.75) is 13.3 Å². The molecule has 0 radical (unpaired) electrons. The molecule has 9 heteroatoms. The van der Waals surface area contributed by atoms with E-state index < -0.39 is 11.6 Å². The quantitative estimate of drug-likeness (QED) is 0.0895. The van der Waals surface area contributed by atoms with Crippen LogP contribution in [0.15, 0.2) is 57.8 Å². The Morgan fingerprint density at radius 1 is 0.842 bits per heavy atom. The molecule has 0 aliphatic heterocycles. The van der Waals surface area contributed by atoms with Gasteiger partial charge in [0.05, 0.1) is 40.4 Å². The molecule has 0 unspecified atom stereocenters. The molecule has 9 nitrogen and oxygen atoms in total. The summed E-state index contributed by atoms with van der Waals surface area (Å²) in [6, 6.07) is 11.7. The average molecular weight is 521 g/mol. The van der Waals surface area contributed by atoms with Crippen molar-refractivity contribution in [2.75, 3.05) is 35.0 Å². The van der Waals surface area contributed by atoms with Gasteiger partial charge in [-0.05, 0) is 48.4 Å². The first-order chi connectivity index (χ1) is 18.4. The number of ether oxygens (including phenoxy) is 6. The average Bonchev–Trinajstić information content (AvgIpc) is 2.93. The highest BCUT2D eigenvalue weighted by Crippen LogP contribution is 2.45. The van der Waals surface area contributed by atoms with Gasteiger partial charge >= 0.3 is 11.6 Å². The summed E-state index contributed by atoms with van der Waals surface area (Å²) in [5, 5.41) is 1.33. The highest BCUT2D eigenvalue weighted by Gasteiger charge is 2.21. The van der Waals surface area contributed by atoms with Crippen molar-refractivity contribution in [3.63, 3.8) is 0 Å². The van der Waals surface area contributed by atoms with Crippen molar-refractivity contribution in [1.29, 1.82) is 0 Å². The summed E-state index contributed by atoms with van der Waals surface area (Å²) < 4.78 is 38.4. The standard InChI is InChI=1S/C29H28O9/c1-6-13-36-21-11-7-17(14-23(21)32-2)8-12-25(30)37-18-9-10-19-22(15-18)38-29(31)20-16-24(33-3)27(34-4)28(35-5)26(19)20/h7-12,14-16H,6,13H2,1-5H3/b12-8+. The van der Waals surface area contributed by atoms with Crippen LogP contribution in [0, 0.1) is 0 Å². The Labute approximate surface area is 219 Å². The van der Waals surface area contributed by atoms with E-state index in [0.29, 0.717) is 46.1 Å². The third-order valence-electron chi connectivity index (χ3n) is 5.75. The van der Waals surface area contributed by atoms with Gasteiger partial charge in [0.1, 0.15) is 11.3 Å². The second kappa shape index (κ2) is 11.6. The first-order valence-electron chi connectivity index (χ1n) is 11.8. The highest BCUT2D eigenvalue weighted by atomic mass is 16.5. The number of fused-ring (bicyclic) bond motifs is 3. The molecule has 0 amide bonds. The van der Waals surface area contributed by atoms with Crippen LogP contribution in [-0.2, 0) is 4.79 Å². The van der Waals surface area contributed by atoms with E-state index in [2.05, 4.69) is 0 Å². The lowest BCUT2D eigenvalue weighted by Crippen LogP contribution is -2.05. The maximum absolute atomic E-state index is 12.8. The van der Waals surface area contributed by atoms with E-state index in [1.165, 1.54) is 39.5 Å². The zero-order valence-electron chi connectivity index (χ0n) is 21.8. The molecule has 4 rings (SSSR count). The Hall–Kier alpha value is -4.66. The SMILES string of the molecule is CCCOc1ccc(/C=C/C(=O)Oc2ccc3c(c2)oc(=O)c2cc(OC)c(OC)c(OC)c23)cc1OC. The van der Waals surface area contributed by atoms with Gasteiger partial charge < -0.3 is 32.8 Å². The van der Waals surface area contributed by atoms with E-state index in [9.17, 15) is 9.59 Å². The second-order valence-electron chi connectivity index (χ2n) is 8.13. The zero-order chi connectivity index (χ0) is 27.2. The molecule has 0 spiro atoms. The van der Waals surface area contributed by atoms with Gasteiger partial charge in [-0.1, -0.05) is 13.0 Å². The van der Waals surface area contributed by atoms with Crippen LogP contribution in [0.3, 0.4) is 0 Å². The predicted octanol–water partition coefficient (Wildman–Crippen LogP) is 5.39. The van der Waals surface area contributed by atoms with Crippen molar-refractivity contribution in [3.05, 3.63) is 64.5 Å². The maximum atomic E-state index is 12.8. The first-order valence-corrected chi connectivity index (χ1v) is 11.8. The van der Waals surface area contributed by atoms with E-state index in [-0.39, 0.29) is 16.7 Å². The molecule has 0 N–H and O–H groups in total. The van der Waals surface area contributed by atoms with Gasteiger partial charge in [-0.15, -0.1) is 0 Å². The van der Waals surface area contributed by atoms with Gasteiger partial charge in [0.25, 0.3) is 0 Å². The largest absolute Gasteiger partial charge is 0.493 e. The smallest absolute Gasteiger partial charge is 0.344 e. The fourth-order valence-electron chi connectivity index (χ4n) is 4.03. The van der Waals surface area contributed by atoms with Crippen LogP contribution >= 0.6 is 0 Å². The van der Waals surface area contributed by atoms with Crippen molar-refractivity contribution in [2.24, 2.45) is 0 Å².